The molecule has 1 heterocycles. The summed E-state index contributed by atoms with van der Waals surface area (Å²) >= 11 is 0. The summed E-state index contributed by atoms with van der Waals surface area (Å²) in [6.45, 7) is 9.53. The van der Waals surface area contributed by atoms with Gasteiger partial charge in [-0.05, 0) is 49.1 Å². The summed E-state index contributed by atoms with van der Waals surface area (Å²) in [5, 5.41) is 6.69. The van der Waals surface area contributed by atoms with Crippen molar-refractivity contribution in [3.8, 4) is 5.75 Å². The van der Waals surface area contributed by atoms with Crippen LogP contribution in [0.15, 0.2) is 53.7 Å². The highest BCUT2D eigenvalue weighted by atomic mass is 16.5. The minimum absolute atomic E-state index is 0.537. The van der Waals surface area contributed by atoms with Crippen LogP contribution in [0.3, 0.4) is 0 Å². The van der Waals surface area contributed by atoms with Crippen molar-refractivity contribution in [1.29, 1.82) is 0 Å². The Kier molecular flexibility index (Phi) is 9.18. The Balaban J connectivity index is 1.75. The zero-order valence-electron chi connectivity index (χ0n) is 16.7. The lowest BCUT2D eigenvalue weighted by Gasteiger charge is -2.12. The molecule has 0 fully saturated rings. The third kappa shape index (κ3) is 8.58. The highest BCUT2D eigenvalue weighted by Crippen LogP contribution is 2.13. The van der Waals surface area contributed by atoms with Crippen LogP contribution in [-0.2, 0) is 12.8 Å². The van der Waals surface area contributed by atoms with Crippen molar-refractivity contribution in [2.75, 3.05) is 26.2 Å². The van der Waals surface area contributed by atoms with Gasteiger partial charge in [0.25, 0.3) is 0 Å². The predicted octanol–water partition coefficient (Wildman–Crippen LogP) is 3.46. The van der Waals surface area contributed by atoms with Crippen molar-refractivity contribution in [3.63, 3.8) is 0 Å². The van der Waals surface area contributed by atoms with E-state index in [0.717, 1.165) is 49.9 Å². The molecule has 0 aliphatic heterocycles. The Labute approximate surface area is 163 Å². The van der Waals surface area contributed by atoms with Crippen LogP contribution in [0.1, 0.15) is 32.0 Å². The molecule has 146 valence electrons. The fourth-order valence-electron chi connectivity index (χ4n) is 2.51. The van der Waals surface area contributed by atoms with E-state index < -0.39 is 0 Å². The van der Waals surface area contributed by atoms with Gasteiger partial charge in [0.1, 0.15) is 5.75 Å². The van der Waals surface area contributed by atoms with Crippen molar-refractivity contribution in [3.05, 3.63) is 59.9 Å². The molecule has 0 aliphatic carbocycles. The maximum Gasteiger partial charge on any atom is 0.191 e. The van der Waals surface area contributed by atoms with Crippen molar-refractivity contribution in [2.24, 2.45) is 10.9 Å². The second kappa shape index (κ2) is 11.9. The molecule has 0 radical (unpaired) electrons. The first-order valence-electron chi connectivity index (χ1n) is 9.81. The minimum Gasteiger partial charge on any atom is -0.493 e. The van der Waals surface area contributed by atoms with Gasteiger partial charge in [0.05, 0.1) is 6.61 Å². The molecule has 0 atom stereocenters. The van der Waals surface area contributed by atoms with E-state index in [1.54, 1.807) is 0 Å². The van der Waals surface area contributed by atoms with Gasteiger partial charge < -0.3 is 15.4 Å². The number of aliphatic imine (C=N–C) groups is 1. The van der Waals surface area contributed by atoms with Crippen molar-refractivity contribution < 1.29 is 4.74 Å². The number of ether oxygens (including phenoxy) is 1. The summed E-state index contributed by atoms with van der Waals surface area (Å²) in [6.07, 6.45) is 3.60. The molecule has 0 bridgehead atoms. The monoisotopic (exact) mass is 368 g/mol. The molecule has 2 rings (SSSR count). The van der Waals surface area contributed by atoms with E-state index in [-0.39, 0.29) is 0 Å². The number of pyridine rings is 1. The number of benzene rings is 1. The van der Waals surface area contributed by atoms with E-state index in [9.17, 15) is 0 Å². The zero-order chi connectivity index (χ0) is 19.3. The summed E-state index contributed by atoms with van der Waals surface area (Å²) in [7, 11) is 0. The van der Waals surface area contributed by atoms with E-state index in [1.165, 1.54) is 5.56 Å². The summed E-state index contributed by atoms with van der Waals surface area (Å²) in [4.78, 5) is 8.96. The third-order valence-corrected chi connectivity index (χ3v) is 3.92. The number of nitrogens with zero attached hydrogens (tertiary/aromatic N) is 2. The lowest BCUT2D eigenvalue weighted by molar-refractivity contribution is 0.271. The molecule has 2 aromatic rings. The fourth-order valence-corrected chi connectivity index (χ4v) is 2.51. The van der Waals surface area contributed by atoms with Gasteiger partial charge in [-0.1, -0.05) is 32.0 Å². The Morgan fingerprint density at radius 1 is 1.07 bits per heavy atom. The van der Waals surface area contributed by atoms with Gasteiger partial charge in [0, 0.05) is 37.9 Å². The first-order valence-corrected chi connectivity index (χ1v) is 9.81. The molecule has 0 saturated heterocycles. The Morgan fingerprint density at radius 3 is 2.56 bits per heavy atom. The first-order chi connectivity index (χ1) is 13.2. The molecule has 2 N–H and O–H groups in total. The van der Waals surface area contributed by atoms with Crippen molar-refractivity contribution in [1.82, 2.24) is 15.6 Å². The lowest BCUT2D eigenvalue weighted by atomic mass is 10.1. The van der Waals surface area contributed by atoms with Gasteiger partial charge in [0.2, 0.25) is 0 Å². The molecular formula is C22H32N4O. The second-order valence-corrected chi connectivity index (χ2v) is 6.86. The third-order valence-electron chi connectivity index (χ3n) is 3.92. The van der Waals surface area contributed by atoms with E-state index in [0.29, 0.717) is 12.5 Å². The van der Waals surface area contributed by atoms with Gasteiger partial charge in [-0.15, -0.1) is 0 Å². The van der Waals surface area contributed by atoms with E-state index >= 15 is 0 Å². The van der Waals surface area contributed by atoms with Crippen molar-refractivity contribution in [2.45, 2.75) is 33.6 Å². The van der Waals surface area contributed by atoms with Crippen LogP contribution in [0, 0.1) is 5.92 Å². The number of hydrogen-bond acceptors (Lipinski definition) is 3. The van der Waals surface area contributed by atoms with Crippen LogP contribution in [0.2, 0.25) is 0 Å². The fraction of sp³-hybridized carbons (Fsp3) is 0.455. The van der Waals surface area contributed by atoms with Crippen LogP contribution in [-0.4, -0.2) is 37.2 Å². The highest BCUT2D eigenvalue weighted by Gasteiger charge is 2.00. The largest absolute Gasteiger partial charge is 0.493 e. The Bertz CT molecular complexity index is 668. The number of rotatable bonds is 10. The van der Waals surface area contributed by atoms with Crippen LogP contribution in [0.4, 0.5) is 0 Å². The van der Waals surface area contributed by atoms with Gasteiger partial charge in [0.15, 0.2) is 5.96 Å². The van der Waals surface area contributed by atoms with Gasteiger partial charge in [-0.2, -0.15) is 0 Å². The van der Waals surface area contributed by atoms with E-state index in [2.05, 4.69) is 53.5 Å². The average Bonchev–Trinajstić information content (AvgIpc) is 2.68. The molecule has 5 nitrogen and oxygen atoms in total. The molecule has 0 spiro atoms. The van der Waals surface area contributed by atoms with Crippen molar-refractivity contribution >= 4 is 5.96 Å². The van der Waals surface area contributed by atoms with Crippen LogP contribution in [0.25, 0.3) is 0 Å². The zero-order valence-corrected chi connectivity index (χ0v) is 16.7. The molecule has 5 heteroatoms. The molecule has 27 heavy (non-hydrogen) atoms. The predicted molar refractivity (Wildman–Crippen MR) is 112 cm³/mol. The van der Waals surface area contributed by atoms with E-state index in [1.807, 2.05) is 36.5 Å². The van der Waals surface area contributed by atoms with Crippen LogP contribution >= 0.6 is 0 Å². The molecular weight excluding hydrogens is 336 g/mol. The van der Waals surface area contributed by atoms with Crippen LogP contribution < -0.4 is 15.4 Å². The lowest BCUT2D eigenvalue weighted by Crippen LogP contribution is -2.38. The molecule has 1 aromatic heterocycles. The second-order valence-electron chi connectivity index (χ2n) is 6.86. The maximum atomic E-state index is 5.73. The molecule has 0 aliphatic rings. The topological polar surface area (TPSA) is 58.5 Å². The highest BCUT2D eigenvalue weighted by molar-refractivity contribution is 5.79. The molecule has 1 aromatic carbocycles. The first kappa shape index (κ1) is 20.7. The van der Waals surface area contributed by atoms with Gasteiger partial charge in [-0.25, -0.2) is 0 Å². The number of hydrogen-bond donors (Lipinski definition) is 2. The number of nitrogens with one attached hydrogen (secondary N) is 2. The smallest absolute Gasteiger partial charge is 0.191 e. The Hall–Kier alpha value is -2.56. The normalized spacial score (nSPS) is 11.5. The summed E-state index contributed by atoms with van der Waals surface area (Å²) < 4.78 is 5.73. The number of guanidine groups is 1. The standard InChI is InChI=1S/C22H32N4O/c1-4-23-22(26-16-13-20-7-5-6-14-24-20)25-15-12-19-8-10-21(11-9-19)27-17-18(2)3/h5-11,14,18H,4,12-13,15-17H2,1-3H3,(H2,23,25,26). The Morgan fingerprint density at radius 2 is 1.89 bits per heavy atom. The average molecular weight is 369 g/mol. The molecule has 0 unspecified atom stereocenters. The maximum absolute atomic E-state index is 5.73. The van der Waals surface area contributed by atoms with Gasteiger partial charge >= 0.3 is 0 Å². The van der Waals surface area contributed by atoms with Gasteiger partial charge in [-0.3, -0.25) is 9.98 Å². The SMILES string of the molecule is CCNC(=NCCc1ccccn1)NCCc1ccc(OCC(C)C)cc1. The number of aromatic nitrogens is 1. The summed E-state index contributed by atoms with van der Waals surface area (Å²) in [5.41, 5.74) is 2.35. The quantitative estimate of drug-likeness (QED) is 0.498. The van der Waals surface area contributed by atoms with E-state index in [4.69, 9.17) is 4.74 Å². The summed E-state index contributed by atoms with van der Waals surface area (Å²) in [6, 6.07) is 14.3. The molecule has 0 amide bonds. The minimum atomic E-state index is 0.537. The molecule has 0 saturated carbocycles. The summed E-state index contributed by atoms with van der Waals surface area (Å²) in [5.74, 6) is 2.32. The van der Waals surface area contributed by atoms with Crippen LogP contribution in [0.5, 0.6) is 5.75 Å².